The molecule has 0 spiro atoms. The van der Waals surface area contributed by atoms with E-state index < -0.39 is 15.9 Å². The molecule has 9 heteroatoms. The van der Waals surface area contributed by atoms with Crippen molar-refractivity contribution < 1.29 is 18.0 Å². The molecule has 166 valence electrons. The molecule has 1 unspecified atom stereocenters. The van der Waals surface area contributed by atoms with E-state index in [-0.39, 0.29) is 23.1 Å². The van der Waals surface area contributed by atoms with Gasteiger partial charge in [-0.3, -0.25) is 9.59 Å². The summed E-state index contributed by atoms with van der Waals surface area (Å²) in [6.45, 7) is 1.67. The lowest BCUT2D eigenvalue weighted by Crippen LogP contribution is -2.25. The van der Waals surface area contributed by atoms with Gasteiger partial charge in [0.1, 0.15) is 0 Å². The zero-order chi connectivity index (χ0) is 23.3. The molecular weight excluding hydrogens is 494 g/mol. The Bertz CT molecular complexity index is 1230. The average Bonchev–Trinajstić information content (AvgIpc) is 2.75. The number of halogens is 1. The van der Waals surface area contributed by atoms with Crippen molar-refractivity contribution in [1.82, 2.24) is 0 Å². The standard InChI is InChI=1S/C23H22BrN3O4S/c1-15(14-22(28)26-18-12-8-17(24)9-13-18)23(29)27-19-10-6-16(7-11-19)20-4-2-3-5-21(20)32(25,30)31/h2-13,15H,14H2,1H3,(H,26,28)(H,27,29)(H2,25,30,31). The number of nitrogens with two attached hydrogens (primary N) is 1. The summed E-state index contributed by atoms with van der Waals surface area (Å²) in [5.74, 6) is -1.10. The van der Waals surface area contributed by atoms with Gasteiger partial charge >= 0.3 is 0 Å². The van der Waals surface area contributed by atoms with Gasteiger partial charge in [0, 0.05) is 33.7 Å². The average molecular weight is 516 g/mol. The number of carbonyl (C=O) groups is 2. The first kappa shape index (κ1) is 23.6. The molecule has 0 fully saturated rings. The van der Waals surface area contributed by atoms with Gasteiger partial charge in [0.05, 0.1) is 4.90 Å². The third-order valence-corrected chi connectivity index (χ3v) is 6.22. The van der Waals surface area contributed by atoms with Crippen molar-refractivity contribution >= 4 is 49.1 Å². The summed E-state index contributed by atoms with van der Waals surface area (Å²) in [6, 6.07) is 20.3. The normalized spacial score (nSPS) is 12.1. The summed E-state index contributed by atoms with van der Waals surface area (Å²) >= 11 is 3.33. The highest BCUT2D eigenvalue weighted by Gasteiger charge is 2.18. The lowest BCUT2D eigenvalue weighted by molar-refractivity contribution is -0.124. The Morgan fingerprint density at radius 2 is 1.47 bits per heavy atom. The molecule has 0 saturated heterocycles. The van der Waals surface area contributed by atoms with E-state index in [0.717, 1.165) is 4.47 Å². The maximum absolute atomic E-state index is 12.5. The van der Waals surface area contributed by atoms with Gasteiger partial charge in [0.2, 0.25) is 21.8 Å². The van der Waals surface area contributed by atoms with Gasteiger partial charge in [-0.25, -0.2) is 13.6 Å². The van der Waals surface area contributed by atoms with Gasteiger partial charge in [-0.1, -0.05) is 53.2 Å². The molecule has 7 nitrogen and oxygen atoms in total. The molecule has 32 heavy (non-hydrogen) atoms. The minimum absolute atomic E-state index is 0.0295. The molecule has 0 saturated carbocycles. The molecule has 0 aliphatic rings. The van der Waals surface area contributed by atoms with Crippen molar-refractivity contribution in [3.63, 3.8) is 0 Å². The minimum atomic E-state index is -3.87. The predicted octanol–water partition coefficient (Wildman–Crippen LogP) is 4.37. The highest BCUT2D eigenvalue weighted by molar-refractivity contribution is 9.10. The van der Waals surface area contributed by atoms with E-state index in [1.807, 2.05) is 12.1 Å². The predicted molar refractivity (Wildman–Crippen MR) is 128 cm³/mol. The number of hydrogen-bond acceptors (Lipinski definition) is 4. The van der Waals surface area contributed by atoms with Crippen LogP contribution in [-0.2, 0) is 19.6 Å². The number of sulfonamides is 1. The topological polar surface area (TPSA) is 118 Å². The van der Waals surface area contributed by atoms with Crippen LogP contribution in [0.1, 0.15) is 13.3 Å². The second-order valence-corrected chi connectivity index (χ2v) is 9.71. The maximum Gasteiger partial charge on any atom is 0.238 e. The van der Waals surface area contributed by atoms with Crippen LogP contribution >= 0.6 is 15.9 Å². The van der Waals surface area contributed by atoms with Crippen molar-refractivity contribution in [3.8, 4) is 11.1 Å². The number of rotatable bonds is 7. The van der Waals surface area contributed by atoms with Crippen molar-refractivity contribution in [1.29, 1.82) is 0 Å². The van der Waals surface area contributed by atoms with E-state index in [2.05, 4.69) is 26.6 Å². The fourth-order valence-corrected chi connectivity index (χ4v) is 4.09. The first-order chi connectivity index (χ1) is 15.1. The van der Waals surface area contributed by atoms with Crippen molar-refractivity contribution in [3.05, 3.63) is 77.3 Å². The smallest absolute Gasteiger partial charge is 0.238 e. The van der Waals surface area contributed by atoms with Gasteiger partial charge < -0.3 is 10.6 Å². The quantitative estimate of drug-likeness (QED) is 0.432. The zero-order valence-electron chi connectivity index (χ0n) is 17.2. The molecule has 1 atom stereocenters. The highest BCUT2D eigenvalue weighted by atomic mass is 79.9. The van der Waals surface area contributed by atoms with Crippen LogP contribution in [0.25, 0.3) is 11.1 Å². The molecule has 0 bridgehead atoms. The van der Waals surface area contributed by atoms with Crippen LogP contribution in [0, 0.1) is 5.92 Å². The number of carbonyl (C=O) groups excluding carboxylic acids is 2. The summed E-state index contributed by atoms with van der Waals surface area (Å²) in [4.78, 5) is 24.7. The van der Waals surface area contributed by atoms with Crippen LogP contribution in [0.2, 0.25) is 0 Å². The lowest BCUT2D eigenvalue weighted by Gasteiger charge is -2.13. The van der Waals surface area contributed by atoms with Crippen LogP contribution in [-0.4, -0.2) is 20.2 Å². The molecule has 0 aromatic heterocycles. The van der Waals surface area contributed by atoms with E-state index in [9.17, 15) is 18.0 Å². The summed E-state index contributed by atoms with van der Waals surface area (Å²) in [5.41, 5.74) is 2.31. The number of primary sulfonamides is 1. The second-order valence-electron chi connectivity index (χ2n) is 7.27. The van der Waals surface area contributed by atoms with E-state index in [1.54, 1.807) is 61.5 Å². The molecule has 2 amide bonds. The Labute approximate surface area is 195 Å². The number of hydrogen-bond donors (Lipinski definition) is 3. The van der Waals surface area contributed by atoms with Crippen molar-refractivity contribution in [2.75, 3.05) is 10.6 Å². The number of anilines is 2. The Kier molecular flexibility index (Phi) is 7.44. The van der Waals surface area contributed by atoms with Gasteiger partial charge in [-0.05, 0) is 48.0 Å². The zero-order valence-corrected chi connectivity index (χ0v) is 19.6. The number of amides is 2. The maximum atomic E-state index is 12.5. The first-order valence-corrected chi connectivity index (χ1v) is 12.1. The number of benzene rings is 3. The Morgan fingerprint density at radius 3 is 2.09 bits per heavy atom. The summed E-state index contributed by atoms with van der Waals surface area (Å²) < 4.78 is 24.5. The molecule has 3 rings (SSSR count). The minimum Gasteiger partial charge on any atom is -0.326 e. The molecule has 0 radical (unpaired) electrons. The van der Waals surface area contributed by atoms with E-state index >= 15 is 0 Å². The fraction of sp³-hybridized carbons (Fsp3) is 0.130. The molecule has 0 aliphatic carbocycles. The van der Waals surface area contributed by atoms with E-state index in [1.165, 1.54) is 6.07 Å². The van der Waals surface area contributed by atoms with E-state index in [4.69, 9.17) is 5.14 Å². The van der Waals surface area contributed by atoms with Crippen molar-refractivity contribution in [2.24, 2.45) is 11.1 Å². The second kappa shape index (κ2) is 10.1. The van der Waals surface area contributed by atoms with Gasteiger partial charge in [-0.15, -0.1) is 0 Å². The Balaban J connectivity index is 1.62. The highest BCUT2D eigenvalue weighted by Crippen LogP contribution is 2.27. The molecule has 0 aliphatic heterocycles. The Hall–Kier alpha value is -3.01. The number of nitrogens with one attached hydrogen (secondary N) is 2. The van der Waals surface area contributed by atoms with Gasteiger partial charge in [-0.2, -0.15) is 0 Å². The summed E-state index contributed by atoms with van der Waals surface area (Å²) in [5, 5.41) is 10.8. The summed E-state index contributed by atoms with van der Waals surface area (Å²) in [6.07, 6.45) is 0.0295. The van der Waals surface area contributed by atoms with Gasteiger partial charge in [0.15, 0.2) is 0 Å². The molecule has 4 N–H and O–H groups in total. The van der Waals surface area contributed by atoms with Gasteiger partial charge in [0.25, 0.3) is 0 Å². The molecular formula is C23H22BrN3O4S. The SMILES string of the molecule is CC(CC(=O)Nc1ccc(Br)cc1)C(=O)Nc1ccc(-c2ccccc2S(N)(=O)=O)cc1. The molecule has 3 aromatic carbocycles. The van der Waals surface area contributed by atoms with Crippen LogP contribution in [0.3, 0.4) is 0 Å². The van der Waals surface area contributed by atoms with Crippen LogP contribution < -0.4 is 15.8 Å². The molecule has 3 aromatic rings. The van der Waals surface area contributed by atoms with E-state index in [0.29, 0.717) is 22.5 Å². The lowest BCUT2D eigenvalue weighted by atomic mass is 10.0. The largest absolute Gasteiger partial charge is 0.326 e. The third-order valence-electron chi connectivity index (χ3n) is 4.72. The Morgan fingerprint density at radius 1 is 0.906 bits per heavy atom. The first-order valence-electron chi connectivity index (χ1n) is 9.72. The van der Waals surface area contributed by atoms with Crippen LogP contribution in [0.4, 0.5) is 11.4 Å². The monoisotopic (exact) mass is 515 g/mol. The van der Waals surface area contributed by atoms with Crippen LogP contribution in [0.15, 0.2) is 82.2 Å². The van der Waals surface area contributed by atoms with Crippen LogP contribution in [0.5, 0.6) is 0 Å². The molecule has 0 heterocycles. The third kappa shape index (κ3) is 6.25. The van der Waals surface area contributed by atoms with Crippen molar-refractivity contribution in [2.45, 2.75) is 18.2 Å². The fourth-order valence-electron chi connectivity index (χ4n) is 3.07. The summed E-state index contributed by atoms with van der Waals surface area (Å²) in [7, 11) is -3.87.